The Bertz CT molecular complexity index is 1110. The van der Waals surface area contributed by atoms with E-state index in [0.29, 0.717) is 28.5 Å². The Morgan fingerprint density at radius 3 is 2.50 bits per heavy atom. The second-order valence-corrected chi connectivity index (χ2v) is 8.32. The maximum atomic E-state index is 13.3. The molecule has 7 nitrogen and oxygen atoms in total. The van der Waals surface area contributed by atoms with Crippen LogP contribution in [0.2, 0.25) is 0 Å². The van der Waals surface area contributed by atoms with E-state index in [-0.39, 0.29) is 12.2 Å². The number of hydrogen-bond donors (Lipinski definition) is 1. The zero-order valence-corrected chi connectivity index (χ0v) is 19.6. The molecule has 1 aliphatic rings. The van der Waals surface area contributed by atoms with E-state index in [1.165, 1.54) is 0 Å². The number of nitrogens with zero attached hydrogens (tertiary/aromatic N) is 2. The summed E-state index contributed by atoms with van der Waals surface area (Å²) >= 11 is 0. The van der Waals surface area contributed by atoms with Crippen molar-refractivity contribution in [3.63, 3.8) is 0 Å². The molecule has 0 saturated heterocycles. The first-order chi connectivity index (χ1) is 15.2. The van der Waals surface area contributed by atoms with E-state index in [0.717, 1.165) is 22.4 Å². The predicted molar refractivity (Wildman–Crippen MR) is 122 cm³/mol. The van der Waals surface area contributed by atoms with Crippen LogP contribution in [0.1, 0.15) is 62.8 Å². The van der Waals surface area contributed by atoms with Crippen LogP contribution in [0.4, 0.5) is 5.69 Å². The largest absolute Gasteiger partial charge is 0.496 e. The Balaban J connectivity index is 2.35. The number of nitriles is 1. The predicted octanol–water partition coefficient (Wildman–Crippen LogP) is 4.84. The van der Waals surface area contributed by atoms with Crippen molar-refractivity contribution in [1.82, 2.24) is 4.98 Å². The second-order valence-electron chi connectivity index (χ2n) is 8.32. The first kappa shape index (κ1) is 23.1. The Morgan fingerprint density at radius 1 is 1.19 bits per heavy atom. The third kappa shape index (κ3) is 4.40. The number of allylic oxidation sites excluding steroid dienone is 1. The minimum absolute atomic E-state index is 0.115. The van der Waals surface area contributed by atoms with Crippen molar-refractivity contribution in [1.29, 1.82) is 5.26 Å². The molecule has 0 radical (unpaired) electrons. The molecule has 1 aliphatic heterocycles. The smallest absolute Gasteiger partial charge is 0.337 e. The van der Waals surface area contributed by atoms with Crippen LogP contribution in [0, 0.1) is 18.3 Å². The third-order valence-electron chi connectivity index (χ3n) is 5.15. The fraction of sp³-hybridized carbons (Fsp3) is 0.400. The molecule has 1 atom stereocenters. The molecule has 0 saturated carbocycles. The highest BCUT2D eigenvalue weighted by Gasteiger charge is 2.38. The lowest BCUT2D eigenvalue weighted by Crippen LogP contribution is -2.28. The topological polar surface area (TPSA) is 93.5 Å². The molecule has 0 bridgehead atoms. The van der Waals surface area contributed by atoms with Crippen LogP contribution >= 0.6 is 0 Å². The van der Waals surface area contributed by atoms with E-state index in [1.807, 2.05) is 47.6 Å². The number of anilines is 1. The first-order valence-corrected chi connectivity index (χ1v) is 10.6. The van der Waals surface area contributed by atoms with Crippen LogP contribution in [0.3, 0.4) is 0 Å². The number of methoxy groups -OCH3 is 1. The van der Waals surface area contributed by atoms with Crippen LogP contribution in [0.25, 0.3) is 0 Å². The number of carbonyl (C=O) groups is 1. The highest BCUT2D eigenvalue weighted by Crippen LogP contribution is 2.49. The lowest BCUT2D eigenvalue weighted by molar-refractivity contribution is -0.143. The van der Waals surface area contributed by atoms with Crippen molar-refractivity contribution >= 4 is 11.7 Å². The van der Waals surface area contributed by atoms with Crippen LogP contribution in [0.5, 0.6) is 11.6 Å². The summed E-state index contributed by atoms with van der Waals surface area (Å²) in [4.78, 5) is 17.8. The number of aromatic nitrogens is 1. The molecular weight excluding hydrogens is 406 g/mol. The van der Waals surface area contributed by atoms with E-state index in [2.05, 4.69) is 16.4 Å². The van der Waals surface area contributed by atoms with Crippen LogP contribution < -0.4 is 14.8 Å². The van der Waals surface area contributed by atoms with Gasteiger partial charge < -0.3 is 19.5 Å². The number of carbonyl (C=O) groups excluding carboxylic acids is 1. The van der Waals surface area contributed by atoms with Gasteiger partial charge in [-0.15, -0.1) is 0 Å². The van der Waals surface area contributed by atoms with E-state index >= 15 is 0 Å². The van der Waals surface area contributed by atoms with Crippen LogP contribution in [-0.2, 0) is 9.53 Å². The van der Waals surface area contributed by atoms with Crippen LogP contribution in [-0.4, -0.2) is 30.3 Å². The maximum Gasteiger partial charge on any atom is 0.337 e. The number of fused-ring (bicyclic) bond motifs is 1. The van der Waals surface area contributed by atoms with E-state index in [9.17, 15) is 10.1 Å². The molecule has 1 unspecified atom stereocenters. The van der Waals surface area contributed by atoms with Gasteiger partial charge in [0.1, 0.15) is 5.75 Å². The van der Waals surface area contributed by atoms with E-state index in [4.69, 9.17) is 14.2 Å². The van der Waals surface area contributed by atoms with Gasteiger partial charge in [0.05, 0.1) is 53.7 Å². The van der Waals surface area contributed by atoms with Gasteiger partial charge in [0.25, 0.3) is 0 Å². The SMILES string of the molecule is COc1cc(C#N)ccc1C1C(C(=O)OC(C)C)=C(C)Nc2c(C)cnc(OC(C)C)c21. The fourth-order valence-corrected chi connectivity index (χ4v) is 3.85. The Labute approximate surface area is 189 Å². The molecule has 168 valence electrons. The molecule has 1 aromatic heterocycles. The zero-order valence-electron chi connectivity index (χ0n) is 19.6. The van der Waals surface area contributed by atoms with Crippen molar-refractivity contribution < 1.29 is 19.0 Å². The summed E-state index contributed by atoms with van der Waals surface area (Å²) < 4.78 is 17.3. The fourth-order valence-electron chi connectivity index (χ4n) is 3.85. The summed E-state index contributed by atoms with van der Waals surface area (Å²) in [5, 5.41) is 12.7. The molecule has 1 aromatic carbocycles. The molecule has 32 heavy (non-hydrogen) atoms. The molecule has 0 aliphatic carbocycles. The summed E-state index contributed by atoms with van der Waals surface area (Å²) in [6.45, 7) is 11.3. The molecule has 1 N–H and O–H groups in total. The first-order valence-electron chi connectivity index (χ1n) is 10.6. The molecule has 0 spiro atoms. The van der Waals surface area contributed by atoms with Gasteiger partial charge in [-0.1, -0.05) is 6.07 Å². The monoisotopic (exact) mass is 435 g/mol. The Morgan fingerprint density at radius 2 is 1.91 bits per heavy atom. The summed E-state index contributed by atoms with van der Waals surface area (Å²) in [5.74, 6) is -0.0428. The highest BCUT2D eigenvalue weighted by atomic mass is 16.5. The molecule has 0 amide bonds. The number of hydrogen-bond acceptors (Lipinski definition) is 7. The number of ether oxygens (including phenoxy) is 3. The van der Waals surface area contributed by atoms with Crippen molar-refractivity contribution in [3.8, 4) is 17.7 Å². The average molecular weight is 436 g/mol. The number of esters is 1. The summed E-state index contributed by atoms with van der Waals surface area (Å²) in [6.07, 6.45) is 1.35. The minimum Gasteiger partial charge on any atom is -0.496 e. The summed E-state index contributed by atoms with van der Waals surface area (Å²) in [7, 11) is 1.55. The maximum absolute atomic E-state index is 13.3. The summed E-state index contributed by atoms with van der Waals surface area (Å²) in [5.41, 5.74) is 4.83. The number of rotatable bonds is 6. The molecule has 2 heterocycles. The molecule has 3 rings (SSSR count). The summed E-state index contributed by atoms with van der Waals surface area (Å²) in [6, 6.07) is 7.33. The number of aryl methyl sites for hydroxylation is 1. The molecule has 2 aromatic rings. The standard InChI is InChI=1S/C25H29N3O4/c1-13(2)31-24-22-21(18-9-8-17(11-26)10-19(18)30-7)20(25(29)32-14(3)4)16(6)28-23(22)15(5)12-27-24/h8-10,12-14,21,28H,1-7H3. The molecular formula is C25H29N3O4. The molecule has 7 heteroatoms. The van der Waals surface area contributed by atoms with Crippen molar-refractivity contribution in [2.75, 3.05) is 12.4 Å². The highest BCUT2D eigenvalue weighted by molar-refractivity contribution is 5.95. The quantitative estimate of drug-likeness (QED) is 0.649. The number of nitrogens with one attached hydrogen (secondary N) is 1. The number of benzene rings is 1. The second kappa shape index (κ2) is 9.31. The Hall–Kier alpha value is -3.53. The number of pyridine rings is 1. The van der Waals surface area contributed by atoms with Gasteiger partial charge in [-0.05, 0) is 59.2 Å². The van der Waals surface area contributed by atoms with Crippen LogP contribution in [0.15, 0.2) is 35.7 Å². The van der Waals surface area contributed by atoms with E-state index in [1.54, 1.807) is 25.4 Å². The van der Waals surface area contributed by atoms with Gasteiger partial charge in [0.2, 0.25) is 5.88 Å². The average Bonchev–Trinajstić information content (AvgIpc) is 2.73. The normalized spacial score (nSPS) is 15.2. The van der Waals surface area contributed by atoms with Crippen molar-refractivity contribution in [2.45, 2.75) is 59.7 Å². The third-order valence-corrected chi connectivity index (χ3v) is 5.15. The van der Waals surface area contributed by atoms with E-state index < -0.39 is 11.9 Å². The lowest BCUT2D eigenvalue weighted by atomic mass is 9.79. The van der Waals surface area contributed by atoms with Gasteiger partial charge in [-0.25, -0.2) is 9.78 Å². The van der Waals surface area contributed by atoms with Gasteiger partial charge in [-0.3, -0.25) is 0 Å². The minimum atomic E-state index is -0.554. The molecule has 0 fully saturated rings. The van der Waals surface area contributed by atoms with Gasteiger partial charge in [0.15, 0.2) is 0 Å². The van der Waals surface area contributed by atoms with Gasteiger partial charge >= 0.3 is 5.97 Å². The van der Waals surface area contributed by atoms with Gasteiger partial charge in [-0.2, -0.15) is 5.26 Å². The van der Waals surface area contributed by atoms with Gasteiger partial charge in [0, 0.05) is 17.5 Å². The van der Waals surface area contributed by atoms with Crippen molar-refractivity contribution in [3.05, 3.63) is 57.9 Å². The Kier molecular flexibility index (Phi) is 6.73. The lowest BCUT2D eigenvalue weighted by Gasteiger charge is -2.33. The van der Waals surface area contributed by atoms with Crippen molar-refractivity contribution in [2.24, 2.45) is 0 Å². The zero-order chi connectivity index (χ0) is 23.6.